The van der Waals surface area contributed by atoms with Crippen molar-refractivity contribution in [3.63, 3.8) is 0 Å². The van der Waals surface area contributed by atoms with Gasteiger partial charge in [-0.15, -0.1) is 0 Å². The second-order valence-corrected chi connectivity index (χ2v) is 8.65. The monoisotopic (exact) mass is 430 g/mol. The first-order chi connectivity index (χ1) is 15.1. The summed E-state index contributed by atoms with van der Waals surface area (Å²) in [6, 6.07) is 6.53. The van der Waals surface area contributed by atoms with Gasteiger partial charge in [-0.25, -0.2) is 4.79 Å². The highest BCUT2D eigenvalue weighted by Crippen LogP contribution is 2.44. The zero-order valence-electron chi connectivity index (χ0n) is 18.4. The van der Waals surface area contributed by atoms with Crippen LogP contribution in [-0.2, 0) is 10.2 Å². The van der Waals surface area contributed by atoms with Gasteiger partial charge >= 0.3 is 6.09 Å². The summed E-state index contributed by atoms with van der Waals surface area (Å²) in [6.45, 7) is 5.42. The number of nitrogens with zero attached hydrogens (tertiary/aromatic N) is 2. The first-order valence-electron chi connectivity index (χ1n) is 11.5. The zero-order chi connectivity index (χ0) is 21.7. The maximum absolute atomic E-state index is 11.9. The average molecular weight is 431 g/mol. The Morgan fingerprint density at radius 1 is 1.23 bits per heavy atom. The minimum Gasteiger partial charge on any atom is -0.486 e. The molecule has 0 radical (unpaired) electrons. The molecule has 8 nitrogen and oxygen atoms in total. The van der Waals surface area contributed by atoms with Gasteiger partial charge in [0.05, 0.1) is 13.2 Å². The molecule has 0 spiro atoms. The first-order valence-corrected chi connectivity index (χ1v) is 11.5. The number of benzene rings is 1. The summed E-state index contributed by atoms with van der Waals surface area (Å²) < 4.78 is 16.6. The van der Waals surface area contributed by atoms with Gasteiger partial charge in [0, 0.05) is 24.5 Å². The highest BCUT2D eigenvalue weighted by Gasteiger charge is 2.36. The summed E-state index contributed by atoms with van der Waals surface area (Å²) in [7, 11) is 0. The minimum atomic E-state index is -0.231. The van der Waals surface area contributed by atoms with Crippen LogP contribution in [0.5, 0.6) is 11.5 Å². The lowest BCUT2D eigenvalue weighted by atomic mass is 9.79. The maximum atomic E-state index is 11.9. The van der Waals surface area contributed by atoms with Gasteiger partial charge in [-0.1, -0.05) is 18.9 Å². The number of likely N-dealkylation sites (tertiary alicyclic amines) is 1. The van der Waals surface area contributed by atoms with Crippen molar-refractivity contribution in [2.45, 2.75) is 56.9 Å². The van der Waals surface area contributed by atoms with Crippen molar-refractivity contribution in [3.8, 4) is 11.5 Å². The Morgan fingerprint density at radius 3 is 2.65 bits per heavy atom. The lowest BCUT2D eigenvalue weighted by Crippen LogP contribution is -2.48. The van der Waals surface area contributed by atoms with E-state index < -0.39 is 0 Å². The fourth-order valence-corrected chi connectivity index (χ4v) is 4.88. The fraction of sp³-hybridized carbons (Fsp3) is 0.652. The topological polar surface area (TPSA) is 98.4 Å². The van der Waals surface area contributed by atoms with E-state index in [1.54, 1.807) is 4.90 Å². The van der Waals surface area contributed by atoms with E-state index in [1.807, 2.05) is 13.0 Å². The number of rotatable bonds is 5. The molecule has 1 aromatic carbocycles. The number of piperidine rings is 1. The summed E-state index contributed by atoms with van der Waals surface area (Å²) in [5.74, 6) is 2.14. The summed E-state index contributed by atoms with van der Waals surface area (Å²) >= 11 is 0. The average Bonchev–Trinajstić information content (AvgIpc) is 3.28. The largest absolute Gasteiger partial charge is 0.486 e. The Hall–Kier alpha value is -2.64. The highest BCUT2D eigenvalue weighted by molar-refractivity contribution is 5.78. The number of amides is 1. The summed E-state index contributed by atoms with van der Waals surface area (Å²) in [5.41, 5.74) is 7.51. The highest BCUT2D eigenvalue weighted by atomic mass is 16.6. The summed E-state index contributed by atoms with van der Waals surface area (Å²) in [5, 5.41) is 3.36. The molecule has 1 amide bonds. The third-order valence-corrected chi connectivity index (χ3v) is 6.64. The molecule has 0 unspecified atom stereocenters. The molecule has 0 aromatic heterocycles. The standard InChI is InChI=1S/C23H34N4O4/c1-2-29-22(28)27-11-7-18(8-12-27)26-21(24)25-16-23(9-3-4-10-23)17-5-6-19-20(15-17)31-14-13-30-19/h5-6,15,18H,2-4,7-14,16H2,1H3,(H3,24,25,26). The predicted molar refractivity (Wildman–Crippen MR) is 119 cm³/mol. The Bertz CT molecular complexity index is 799. The van der Waals surface area contributed by atoms with Gasteiger partial charge in [0.25, 0.3) is 0 Å². The van der Waals surface area contributed by atoms with Crippen LogP contribution in [-0.4, -0.2) is 62.4 Å². The molecule has 8 heteroatoms. The van der Waals surface area contributed by atoms with Crippen LogP contribution < -0.4 is 20.5 Å². The molecule has 1 saturated carbocycles. The van der Waals surface area contributed by atoms with E-state index in [0.29, 0.717) is 45.4 Å². The number of hydrogen-bond acceptors (Lipinski definition) is 5. The molecule has 31 heavy (non-hydrogen) atoms. The van der Waals surface area contributed by atoms with Crippen LogP contribution in [0.15, 0.2) is 23.2 Å². The molecule has 1 aliphatic carbocycles. The van der Waals surface area contributed by atoms with E-state index in [1.165, 1.54) is 18.4 Å². The molecule has 2 fully saturated rings. The van der Waals surface area contributed by atoms with Crippen molar-refractivity contribution in [1.29, 1.82) is 0 Å². The van der Waals surface area contributed by atoms with Crippen molar-refractivity contribution in [1.82, 2.24) is 10.2 Å². The molecule has 4 rings (SSSR count). The molecule has 2 heterocycles. The second-order valence-electron chi connectivity index (χ2n) is 8.65. The Morgan fingerprint density at radius 2 is 1.94 bits per heavy atom. The van der Waals surface area contributed by atoms with Crippen LogP contribution in [0.1, 0.15) is 51.0 Å². The number of carbonyl (C=O) groups is 1. The third kappa shape index (κ3) is 4.99. The lowest BCUT2D eigenvalue weighted by molar-refractivity contribution is 0.0963. The quantitative estimate of drug-likeness (QED) is 0.551. The molecule has 3 aliphatic rings. The number of carbonyl (C=O) groups excluding carboxylic acids is 1. The predicted octanol–water partition coefficient (Wildman–Crippen LogP) is 2.79. The lowest BCUT2D eigenvalue weighted by Gasteiger charge is -2.32. The van der Waals surface area contributed by atoms with Crippen molar-refractivity contribution in [2.75, 3.05) is 39.5 Å². The molecule has 1 saturated heterocycles. The molecule has 3 N–H and O–H groups in total. The van der Waals surface area contributed by atoms with Crippen LogP contribution in [0.2, 0.25) is 0 Å². The van der Waals surface area contributed by atoms with E-state index in [0.717, 1.165) is 37.2 Å². The van der Waals surface area contributed by atoms with Crippen LogP contribution >= 0.6 is 0 Å². The maximum Gasteiger partial charge on any atom is 0.409 e. The number of fused-ring (bicyclic) bond motifs is 1. The molecule has 2 aliphatic heterocycles. The van der Waals surface area contributed by atoms with Gasteiger partial charge in [0.2, 0.25) is 0 Å². The van der Waals surface area contributed by atoms with E-state index in [2.05, 4.69) is 17.4 Å². The summed E-state index contributed by atoms with van der Waals surface area (Å²) in [6.07, 6.45) is 6.03. The third-order valence-electron chi connectivity index (χ3n) is 6.64. The molecular formula is C23H34N4O4. The number of ether oxygens (including phenoxy) is 3. The van der Waals surface area contributed by atoms with Crippen LogP contribution in [0.25, 0.3) is 0 Å². The summed E-state index contributed by atoms with van der Waals surface area (Å²) in [4.78, 5) is 18.4. The van der Waals surface area contributed by atoms with Crippen molar-refractivity contribution < 1.29 is 19.0 Å². The van der Waals surface area contributed by atoms with Gasteiger partial charge in [0.15, 0.2) is 17.5 Å². The van der Waals surface area contributed by atoms with Crippen molar-refractivity contribution in [3.05, 3.63) is 23.8 Å². The van der Waals surface area contributed by atoms with Gasteiger partial charge in [-0.3, -0.25) is 4.99 Å². The van der Waals surface area contributed by atoms with E-state index in [9.17, 15) is 4.79 Å². The Balaban J connectivity index is 1.36. The SMILES string of the molecule is CCOC(=O)N1CCC(NC(N)=NCC2(c3ccc4c(c3)OCCO4)CCCC2)CC1. The van der Waals surface area contributed by atoms with E-state index in [-0.39, 0.29) is 17.6 Å². The zero-order valence-corrected chi connectivity index (χ0v) is 18.4. The van der Waals surface area contributed by atoms with Crippen LogP contribution in [0.3, 0.4) is 0 Å². The van der Waals surface area contributed by atoms with Crippen molar-refractivity contribution >= 4 is 12.1 Å². The Labute approximate surface area is 184 Å². The van der Waals surface area contributed by atoms with Crippen molar-refractivity contribution in [2.24, 2.45) is 10.7 Å². The van der Waals surface area contributed by atoms with Gasteiger partial charge in [0.1, 0.15) is 13.2 Å². The molecule has 170 valence electrons. The van der Waals surface area contributed by atoms with E-state index in [4.69, 9.17) is 24.9 Å². The molecule has 0 atom stereocenters. The fourth-order valence-electron chi connectivity index (χ4n) is 4.88. The number of nitrogens with one attached hydrogen (secondary N) is 1. The van der Waals surface area contributed by atoms with Gasteiger partial charge in [-0.05, 0) is 50.3 Å². The number of aliphatic imine (C=N–C) groups is 1. The molecule has 0 bridgehead atoms. The normalized spacial score (nSPS) is 21.1. The Kier molecular flexibility index (Phi) is 6.73. The number of guanidine groups is 1. The van der Waals surface area contributed by atoms with Gasteiger partial charge in [-0.2, -0.15) is 0 Å². The smallest absolute Gasteiger partial charge is 0.409 e. The minimum absolute atomic E-state index is 0.00455. The van der Waals surface area contributed by atoms with Gasteiger partial charge < -0.3 is 30.2 Å². The van der Waals surface area contributed by atoms with Crippen LogP contribution in [0.4, 0.5) is 4.79 Å². The second kappa shape index (κ2) is 9.66. The van der Waals surface area contributed by atoms with Crippen LogP contribution in [0, 0.1) is 0 Å². The molecule has 1 aromatic rings. The van der Waals surface area contributed by atoms with E-state index >= 15 is 0 Å². The first kappa shape index (κ1) is 21.6. The number of nitrogens with two attached hydrogens (primary N) is 1. The number of hydrogen-bond donors (Lipinski definition) is 2. The molecular weight excluding hydrogens is 396 g/mol.